The van der Waals surface area contributed by atoms with Gasteiger partial charge in [-0.05, 0) is 42.7 Å². The van der Waals surface area contributed by atoms with Crippen molar-refractivity contribution < 1.29 is 9.90 Å². The Morgan fingerprint density at radius 1 is 1.15 bits per heavy atom. The summed E-state index contributed by atoms with van der Waals surface area (Å²) in [5, 5.41) is 16.9. The molecule has 0 unspecified atom stereocenters. The minimum atomic E-state index is -0.579. The van der Waals surface area contributed by atoms with Gasteiger partial charge in [-0.1, -0.05) is 37.3 Å². The van der Waals surface area contributed by atoms with Crippen LogP contribution >= 0.6 is 0 Å². The van der Waals surface area contributed by atoms with Crippen molar-refractivity contribution in [1.82, 2.24) is 9.78 Å². The molecule has 0 aliphatic heterocycles. The van der Waals surface area contributed by atoms with Crippen molar-refractivity contribution in [1.29, 1.82) is 0 Å². The molecule has 0 aliphatic rings. The zero-order valence-electron chi connectivity index (χ0n) is 14.6. The average Bonchev–Trinajstić information content (AvgIpc) is 2.62. The monoisotopic (exact) mass is 349 g/mol. The fraction of sp³-hybridized carbons (Fsp3) is 0.150. The molecule has 6 heteroatoms. The number of benzene rings is 2. The highest BCUT2D eigenvalue weighted by Crippen LogP contribution is 2.19. The van der Waals surface area contributed by atoms with E-state index >= 15 is 0 Å². The third kappa shape index (κ3) is 3.49. The first-order chi connectivity index (χ1) is 12.5. The normalized spacial score (nSPS) is 10.5. The van der Waals surface area contributed by atoms with Crippen LogP contribution in [0.1, 0.15) is 28.5 Å². The molecule has 0 fully saturated rings. The van der Waals surface area contributed by atoms with Gasteiger partial charge in [-0.2, -0.15) is 9.78 Å². The molecule has 3 aromatic rings. The Labute approximate surface area is 150 Å². The lowest BCUT2D eigenvalue weighted by Crippen LogP contribution is -2.25. The smallest absolute Gasteiger partial charge is 0.279 e. The lowest BCUT2D eigenvalue weighted by molar-refractivity contribution is 0.101. The highest BCUT2D eigenvalue weighted by Gasteiger charge is 2.18. The average molecular weight is 349 g/mol. The summed E-state index contributed by atoms with van der Waals surface area (Å²) in [6, 6.07) is 15.6. The van der Waals surface area contributed by atoms with E-state index in [1.807, 2.05) is 38.1 Å². The molecule has 0 atom stereocenters. The molecule has 2 N–H and O–H groups in total. The summed E-state index contributed by atoms with van der Waals surface area (Å²) in [5.74, 6) is -1.03. The summed E-state index contributed by atoms with van der Waals surface area (Å²) in [4.78, 5) is 24.8. The number of carbonyl (C=O) groups is 1. The number of aromatic hydroxyl groups is 1. The summed E-state index contributed by atoms with van der Waals surface area (Å²) < 4.78 is 1.10. The van der Waals surface area contributed by atoms with Crippen LogP contribution in [0.4, 0.5) is 5.69 Å². The van der Waals surface area contributed by atoms with Gasteiger partial charge in [0.25, 0.3) is 11.5 Å². The molecule has 132 valence electrons. The molecule has 0 radical (unpaired) electrons. The number of hydrogen-bond donors (Lipinski definition) is 2. The largest absolute Gasteiger partial charge is 0.505 e. The van der Waals surface area contributed by atoms with Gasteiger partial charge in [0.1, 0.15) is 0 Å². The van der Waals surface area contributed by atoms with Crippen LogP contribution in [0.2, 0.25) is 0 Å². The predicted octanol–water partition coefficient (Wildman–Crippen LogP) is 3.06. The molecule has 1 amide bonds. The Hall–Kier alpha value is -3.41. The first-order valence-electron chi connectivity index (χ1n) is 8.29. The van der Waals surface area contributed by atoms with Crippen LogP contribution < -0.4 is 10.9 Å². The lowest BCUT2D eigenvalue weighted by Gasteiger charge is -2.12. The van der Waals surface area contributed by atoms with Crippen molar-refractivity contribution in [2.45, 2.75) is 20.3 Å². The van der Waals surface area contributed by atoms with E-state index in [-0.39, 0.29) is 5.69 Å². The van der Waals surface area contributed by atoms with Crippen LogP contribution in [0.15, 0.2) is 59.4 Å². The third-order valence-electron chi connectivity index (χ3n) is 4.02. The Bertz CT molecular complexity index is 1020. The lowest BCUT2D eigenvalue weighted by atomic mass is 10.1. The van der Waals surface area contributed by atoms with E-state index in [4.69, 9.17) is 0 Å². The van der Waals surface area contributed by atoms with E-state index in [1.54, 1.807) is 24.3 Å². The summed E-state index contributed by atoms with van der Waals surface area (Å²) >= 11 is 0. The van der Waals surface area contributed by atoms with Gasteiger partial charge in [-0.15, -0.1) is 0 Å². The van der Waals surface area contributed by atoms with Crippen molar-refractivity contribution in [3.63, 3.8) is 0 Å². The van der Waals surface area contributed by atoms with Crippen molar-refractivity contribution in [3.05, 3.63) is 81.8 Å². The van der Waals surface area contributed by atoms with Gasteiger partial charge in [0, 0.05) is 11.8 Å². The maximum atomic E-state index is 12.6. The molecule has 0 bridgehead atoms. The van der Waals surface area contributed by atoms with Gasteiger partial charge in [0.2, 0.25) is 0 Å². The number of amides is 1. The number of nitrogens with zero attached hydrogens (tertiary/aromatic N) is 2. The highest BCUT2D eigenvalue weighted by molar-refractivity contribution is 6.04. The van der Waals surface area contributed by atoms with Gasteiger partial charge in [-0.3, -0.25) is 9.59 Å². The number of nitrogens with one attached hydrogen (secondary N) is 1. The van der Waals surface area contributed by atoms with Crippen molar-refractivity contribution in [2.24, 2.45) is 0 Å². The van der Waals surface area contributed by atoms with Crippen LogP contribution in [0.3, 0.4) is 0 Å². The van der Waals surface area contributed by atoms with Crippen LogP contribution in [0.25, 0.3) is 5.69 Å². The number of anilines is 1. The second-order valence-corrected chi connectivity index (χ2v) is 5.93. The molecule has 2 aromatic carbocycles. The number of aromatic nitrogens is 2. The number of para-hydroxylation sites is 1. The van der Waals surface area contributed by atoms with Crippen molar-refractivity contribution in [2.75, 3.05) is 5.32 Å². The second kappa shape index (κ2) is 7.23. The molecule has 0 saturated heterocycles. The van der Waals surface area contributed by atoms with Gasteiger partial charge in [0.05, 0.1) is 5.69 Å². The van der Waals surface area contributed by atoms with Crippen LogP contribution in [0.5, 0.6) is 5.75 Å². The van der Waals surface area contributed by atoms with E-state index in [1.165, 1.54) is 0 Å². The fourth-order valence-electron chi connectivity index (χ4n) is 2.69. The molecule has 6 nitrogen and oxygen atoms in total. The fourth-order valence-corrected chi connectivity index (χ4v) is 2.69. The molecular formula is C20H19N3O3. The van der Waals surface area contributed by atoms with E-state index in [0.717, 1.165) is 28.3 Å². The van der Waals surface area contributed by atoms with Crippen LogP contribution in [-0.4, -0.2) is 20.8 Å². The van der Waals surface area contributed by atoms with Crippen LogP contribution in [-0.2, 0) is 6.42 Å². The quantitative estimate of drug-likeness (QED) is 0.758. The van der Waals surface area contributed by atoms with Gasteiger partial charge >= 0.3 is 0 Å². The zero-order valence-corrected chi connectivity index (χ0v) is 14.6. The Morgan fingerprint density at radius 2 is 1.92 bits per heavy atom. The van der Waals surface area contributed by atoms with Gasteiger partial charge < -0.3 is 10.4 Å². The Balaban J connectivity index is 2.01. The number of carbonyl (C=O) groups excluding carboxylic acids is 1. The second-order valence-electron chi connectivity index (χ2n) is 5.93. The number of hydrogen-bond acceptors (Lipinski definition) is 4. The molecule has 3 rings (SSSR count). The van der Waals surface area contributed by atoms with Crippen molar-refractivity contribution >= 4 is 11.6 Å². The van der Waals surface area contributed by atoms with Gasteiger partial charge in [0.15, 0.2) is 11.4 Å². The Kier molecular flexibility index (Phi) is 4.84. The standard InChI is InChI=1S/C20H19N3O3/c1-3-14-8-4-5-10-16(14)21-20(26)19-17(24)12-18(25)23(22-19)15-9-6-7-13(2)11-15/h4-12,24H,3H2,1-2H3,(H,21,26). The van der Waals surface area contributed by atoms with Crippen molar-refractivity contribution in [3.8, 4) is 11.4 Å². The van der Waals surface area contributed by atoms with E-state index in [9.17, 15) is 14.7 Å². The molecule has 1 aromatic heterocycles. The summed E-state index contributed by atoms with van der Waals surface area (Å²) in [5.41, 5.74) is 2.36. The number of rotatable bonds is 4. The molecular weight excluding hydrogens is 330 g/mol. The Morgan fingerprint density at radius 3 is 2.65 bits per heavy atom. The minimum Gasteiger partial charge on any atom is -0.505 e. The molecule has 1 heterocycles. The predicted molar refractivity (Wildman–Crippen MR) is 100 cm³/mol. The summed E-state index contributed by atoms with van der Waals surface area (Å²) in [6.07, 6.45) is 0.749. The topological polar surface area (TPSA) is 84.2 Å². The summed E-state index contributed by atoms with van der Waals surface area (Å²) in [7, 11) is 0. The summed E-state index contributed by atoms with van der Waals surface area (Å²) in [6.45, 7) is 3.88. The van der Waals surface area contributed by atoms with E-state index in [0.29, 0.717) is 11.4 Å². The highest BCUT2D eigenvalue weighted by atomic mass is 16.3. The van der Waals surface area contributed by atoms with Gasteiger partial charge in [-0.25, -0.2) is 0 Å². The first-order valence-corrected chi connectivity index (χ1v) is 8.29. The van der Waals surface area contributed by atoms with E-state index in [2.05, 4.69) is 10.4 Å². The molecule has 0 saturated carbocycles. The minimum absolute atomic E-state index is 0.211. The first kappa shape index (κ1) is 17.4. The SMILES string of the molecule is CCc1ccccc1NC(=O)c1nn(-c2cccc(C)c2)c(=O)cc1O. The maximum Gasteiger partial charge on any atom is 0.279 e. The third-order valence-corrected chi connectivity index (χ3v) is 4.02. The molecule has 26 heavy (non-hydrogen) atoms. The zero-order chi connectivity index (χ0) is 18.7. The van der Waals surface area contributed by atoms with Crippen LogP contribution in [0, 0.1) is 6.92 Å². The molecule has 0 aliphatic carbocycles. The maximum absolute atomic E-state index is 12.6. The van der Waals surface area contributed by atoms with E-state index < -0.39 is 17.2 Å². The molecule has 0 spiro atoms. The number of aryl methyl sites for hydroxylation is 2.